The van der Waals surface area contributed by atoms with Gasteiger partial charge in [0.1, 0.15) is 0 Å². The van der Waals surface area contributed by atoms with Gasteiger partial charge in [0.05, 0.1) is 11.6 Å². The van der Waals surface area contributed by atoms with E-state index in [4.69, 9.17) is 0 Å². The summed E-state index contributed by atoms with van der Waals surface area (Å²) in [6, 6.07) is 10.1. The molecule has 1 N–H and O–H groups in total. The lowest BCUT2D eigenvalue weighted by Gasteiger charge is -2.48. The van der Waals surface area contributed by atoms with Crippen molar-refractivity contribution in [2.75, 3.05) is 0 Å². The predicted molar refractivity (Wildman–Crippen MR) is 89.3 cm³/mol. The Hall–Kier alpha value is -1.67. The number of aliphatic hydroxyl groups is 1. The summed E-state index contributed by atoms with van der Waals surface area (Å²) in [6.45, 7) is 4.00. The van der Waals surface area contributed by atoms with Crippen LogP contribution in [0.5, 0.6) is 0 Å². The van der Waals surface area contributed by atoms with Crippen molar-refractivity contribution < 1.29 is 5.11 Å². The monoisotopic (exact) mass is 293 g/mol. The van der Waals surface area contributed by atoms with Crippen LogP contribution in [0, 0.1) is 23.7 Å². The number of aliphatic hydroxyl groups excluding tert-OH is 1. The minimum Gasteiger partial charge on any atom is -0.388 e. The van der Waals surface area contributed by atoms with E-state index in [1.807, 2.05) is 30.5 Å². The van der Waals surface area contributed by atoms with Gasteiger partial charge in [0.15, 0.2) is 0 Å². The number of nitrogens with zero attached hydrogens (tertiary/aromatic N) is 1. The molecular weight excluding hydrogens is 270 g/mol. The van der Waals surface area contributed by atoms with Crippen LogP contribution in [-0.4, -0.2) is 10.1 Å². The van der Waals surface area contributed by atoms with Crippen molar-refractivity contribution in [3.8, 4) is 0 Å². The Morgan fingerprint density at radius 3 is 2.73 bits per heavy atom. The minimum absolute atomic E-state index is 0.369. The predicted octanol–water partition coefficient (Wildman–Crippen LogP) is 4.51. The molecule has 0 aliphatic heterocycles. The van der Waals surface area contributed by atoms with E-state index in [2.05, 4.69) is 23.7 Å². The van der Waals surface area contributed by atoms with Crippen molar-refractivity contribution in [2.24, 2.45) is 23.7 Å². The lowest BCUT2D eigenvalue weighted by molar-refractivity contribution is -0.0217. The number of aromatic nitrogens is 1. The molecule has 3 aliphatic carbocycles. The zero-order valence-electron chi connectivity index (χ0n) is 12.9. The fraction of sp³-hybridized carbons (Fsp3) is 0.450. The van der Waals surface area contributed by atoms with Gasteiger partial charge in [0.2, 0.25) is 0 Å². The van der Waals surface area contributed by atoms with Crippen molar-refractivity contribution in [3.05, 3.63) is 54.7 Å². The minimum atomic E-state index is -0.369. The zero-order chi connectivity index (χ0) is 15.1. The van der Waals surface area contributed by atoms with E-state index in [0.29, 0.717) is 17.8 Å². The van der Waals surface area contributed by atoms with Crippen LogP contribution >= 0.6 is 0 Å². The number of rotatable bonds is 3. The third kappa shape index (κ3) is 2.17. The average molecular weight is 293 g/mol. The summed E-state index contributed by atoms with van der Waals surface area (Å²) in [4.78, 5) is 4.42. The van der Waals surface area contributed by atoms with Crippen LogP contribution in [-0.2, 0) is 0 Å². The highest BCUT2D eigenvalue weighted by Crippen LogP contribution is 2.52. The quantitative estimate of drug-likeness (QED) is 0.845. The molecule has 0 spiro atoms. The van der Waals surface area contributed by atoms with E-state index in [0.717, 1.165) is 28.8 Å². The number of fused-ring (bicyclic) bond motifs is 4. The van der Waals surface area contributed by atoms with Crippen molar-refractivity contribution >= 4 is 10.9 Å². The van der Waals surface area contributed by atoms with Gasteiger partial charge in [-0.05, 0) is 67.1 Å². The molecular formula is C20H23NO. The van der Waals surface area contributed by atoms with Gasteiger partial charge >= 0.3 is 0 Å². The largest absolute Gasteiger partial charge is 0.388 e. The molecule has 2 aromatic rings. The van der Waals surface area contributed by atoms with Crippen LogP contribution in [0.25, 0.3) is 10.9 Å². The number of hydrogen-bond donors (Lipinski definition) is 1. The number of hydrogen-bond acceptors (Lipinski definition) is 2. The van der Waals surface area contributed by atoms with Crippen molar-refractivity contribution in [1.82, 2.24) is 4.98 Å². The fourth-order valence-electron chi connectivity index (χ4n) is 4.81. The zero-order valence-corrected chi connectivity index (χ0v) is 12.9. The summed E-state index contributed by atoms with van der Waals surface area (Å²) in [5, 5.41) is 12.2. The second-order valence-corrected chi connectivity index (χ2v) is 6.99. The molecule has 1 aromatic carbocycles. The van der Waals surface area contributed by atoms with E-state index < -0.39 is 0 Å². The Labute approximate surface area is 131 Å². The van der Waals surface area contributed by atoms with E-state index >= 15 is 0 Å². The number of pyridine rings is 1. The third-order valence-electron chi connectivity index (χ3n) is 5.98. The summed E-state index contributed by atoms with van der Waals surface area (Å²) in [6.07, 6.45) is 8.52. The molecule has 1 heterocycles. The van der Waals surface area contributed by atoms with Crippen molar-refractivity contribution in [1.29, 1.82) is 0 Å². The first-order chi connectivity index (χ1) is 10.8. The molecule has 3 saturated carbocycles. The topological polar surface area (TPSA) is 33.1 Å². The molecule has 0 amide bonds. The molecule has 2 bridgehead atoms. The van der Waals surface area contributed by atoms with Crippen molar-refractivity contribution in [2.45, 2.75) is 31.8 Å². The normalized spacial score (nSPS) is 32.0. The maximum absolute atomic E-state index is 11.1. The van der Waals surface area contributed by atoms with Crippen LogP contribution < -0.4 is 0 Å². The van der Waals surface area contributed by atoms with E-state index in [-0.39, 0.29) is 6.10 Å². The molecule has 2 heteroatoms. The van der Waals surface area contributed by atoms with Crippen LogP contribution in [0.15, 0.2) is 49.2 Å². The molecule has 114 valence electrons. The van der Waals surface area contributed by atoms with E-state index in [1.54, 1.807) is 0 Å². The van der Waals surface area contributed by atoms with Gasteiger partial charge in [0, 0.05) is 11.6 Å². The van der Waals surface area contributed by atoms with E-state index in [9.17, 15) is 5.11 Å². The lowest BCUT2D eigenvalue weighted by atomic mass is 9.58. The van der Waals surface area contributed by atoms with Crippen LogP contribution in [0.1, 0.15) is 37.4 Å². The summed E-state index contributed by atoms with van der Waals surface area (Å²) in [5.74, 6) is 2.40. The Kier molecular flexibility index (Phi) is 3.50. The van der Waals surface area contributed by atoms with Crippen molar-refractivity contribution in [3.63, 3.8) is 0 Å². The maximum Gasteiger partial charge on any atom is 0.0828 e. The molecule has 1 aromatic heterocycles. The molecule has 0 radical (unpaired) electrons. The Morgan fingerprint density at radius 2 is 1.95 bits per heavy atom. The number of allylic oxidation sites excluding steroid dienone is 1. The highest BCUT2D eigenvalue weighted by molar-refractivity contribution is 5.82. The second-order valence-electron chi connectivity index (χ2n) is 6.99. The number of para-hydroxylation sites is 1. The summed E-state index contributed by atoms with van der Waals surface area (Å²) >= 11 is 0. The molecule has 3 aliphatic rings. The third-order valence-corrected chi connectivity index (χ3v) is 5.98. The summed E-state index contributed by atoms with van der Waals surface area (Å²) < 4.78 is 0. The van der Waals surface area contributed by atoms with Gasteiger partial charge in [0.25, 0.3) is 0 Å². The Balaban J connectivity index is 1.67. The Morgan fingerprint density at radius 1 is 1.14 bits per heavy atom. The first-order valence-electron chi connectivity index (χ1n) is 8.42. The first kappa shape index (κ1) is 14.0. The first-order valence-corrected chi connectivity index (χ1v) is 8.42. The fourth-order valence-corrected chi connectivity index (χ4v) is 4.81. The highest BCUT2D eigenvalue weighted by atomic mass is 16.3. The van der Waals surface area contributed by atoms with Crippen LogP contribution in [0.2, 0.25) is 0 Å². The van der Waals surface area contributed by atoms with Crippen LogP contribution in [0.3, 0.4) is 0 Å². The SMILES string of the molecule is C=C[C@H]1C[C@@H]2CC[C@@H]1C[C@@H]2[C@H](O)c1ccnc2ccccc12. The van der Waals surface area contributed by atoms with E-state index in [1.165, 1.54) is 19.3 Å². The van der Waals surface area contributed by atoms with Crippen LogP contribution in [0.4, 0.5) is 0 Å². The van der Waals surface area contributed by atoms with Gasteiger partial charge in [-0.25, -0.2) is 0 Å². The summed E-state index contributed by atoms with van der Waals surface area (Å²) in [7, 11) is 0. The maximum atomic E-state index is 11.1. The molecule has 22 heavy (non-hydrogen) atoms. The molecule has 2 nitrogen and oxygen atoms in total. The Bertz CT molecular complexity index is 690. The van der Waals surface area contributed by atoms with Gasteiger partial charge in [-0.3, -0.25) is 4.98 Å². The smallest absolute Gasteiger partial charge is 0.0828 e. The number of benzene rings is 1. The van der Waals surface area contributed by atoms with Gasteiger partial charge in [-0.1, -0.05) is 24.3 Å². The lowest BCUT2D eigenvalue weighted by Crippen LogP contribution is -2.39. The summed E-state index contributed by atoms with van der Waals surface area (Å²) in [5.41, 5.74) is 2.03. The molecule has 3 fully saturated rings. The second kappa shape index (κ2) is 5.51. The molecule has 0 unspecified atom stereocenters. The standard InChI is InChI=1S/C20H23NO/c1-2-13-11-15-8-7-14(13)12-18(15)20(22)17-9-10-21-19-6-4-3-5-16(17)19/h2-6,9-10,13-15,18,20,22H,1,7-8,11-12H2/t13-,14+,15-,18-,20+/m0/s1. The average Bonchev–Trinajstić information content (AvgIpc) is 2.60. The van der Waals surface area contributed by atoms with Gasteiger partial charge in [-0.2, -0.15) is 0 Å². The molecule has 5 rings (SSSR count). The van der Waals surface area contributed by atoms with Gasteiger partial charge < -0.3 is 5.11 Å². The molecule has 0 saturated heterocycles. The molecule has 5 atom stereocenters. The highest BCUT2D eigenvalue weighted by Gasteiger charge is 2.43. The van der Waals surface area contributed by atoms with Gasteiger partial charge in [-0.15, -0.1) is 6.58 Å².